The van der Waals surface area contributed by atoms with Gasteiger partial charge in [0.05, 0.1) is 25.1 Å². The van der Waals surface area contributed by atoms with Crippen LogP contribution in [0.25, 0.3) is 5.69 Å². The maximum atomic E-state index is 13.2. The lowest BCUT2D eigenvalue weighted by molar-refractivity contribution is -0.304. The van der Waals surface area contributed by atoms with Gasteiger partial charge < -0.3 is 29.9 Å². The monoisotopic (exact) mass is 355 g/mol. The SMILES string of the molecule is OC[C@H]1O[C@H](OCc2cn(-c3cccc(F)c3)nn2)[C@@H](O)[C@@H](O)[C@@H]1O. The number of nitrogens with zero attached hydrogens (tertiary/aromatic N) is 3. The predicted molar refractivity (Wildman–Crippen MR) is 79.9 cm³/mol. The summed E-state index contributed by atoms with van der Waals surface area (Å²) >= 11 is 0. The molecule has 136 valence electrons. The first-order valence-corrected chi connectivity index (χ1v) is 7.59. The van der Waals surface area contributed by atoms with Gasteiger partial charge >= 0.3 is 0 Å². The average molecular weight is 355 g/mol. The van der Waals surface area contributed by atoms with Crippen LogP contribution >= 0.6 is 0 Å². The van der Waals surface area contributed by atoms with Crippen LogP contribution in [-0.4, -0.2) is 72.7 Å². The highest BCUT2D eigenvalue weighted by Crippen LogP contribution is 2.22. The minimum absolute atomic E-state index is 0.113. The van der Waals surface area contributed by atoms with Crippen LogP contribution in [0.4, 0.5) is 4.39 Å². The summed E-state index contributed by atoms with van der Waals surface area (Å²) in [6.07, 6.45) is -5.25. The quantitative estimate of drug-likeness (QED) is 0.522. The van der Waals surface area contributed by atoms with Crippen molar-refractivity contribution < 1.29 is 34.3 Å². The molecular formula is C15H18FN3O6. The molecule has 3 rings (SSSR count). The van der Waals surface area contributed by atoms with Gasteiger partial charge in [-0.3, -0.25) is 0 Å². The number of hydrogen-bond acceptors (Lipinski definition) is 8. The molecule has 10 heteroatoms. The molecule has 0 radical (unpaired) electrons. The van der Waals surface area contributed by atoms with E-state index in [1.165, 1.54) is 29.1 Å². The van der Waals surface area contributed by atoms with E-state index >= 15 is 0 Å². The van der Waals surface area contributed by atoms with Crippen LogP contribution in [-0.2, 0) is 16.1 Å². The molecule has 0 spiro atoms. The van der Waals surface area contributed by atoms with Gasteiger partial charge in [-0.05, 0) is 18.2 Å². The van der Waals surface area contributed by atoms with Crippen molar-refractivity contribution >= 4 is 0 Å². The number of rotatable bonds is 5. The maximum absolute atomic E-state index is 13.2. The highest BCUT2D eigenvalue weighted by Gasteiger charge is 2.44. The largest absolute Gasteiger partial charge is 0.394 e. The fraction of sp³-hybridized carbons (Fsp3) is 0.467. The molecule has 0 unspecified atom stereocenters. The van der Waals surface area contributed by atoms with Crippen molar-refractivity contribution in [3.63, 3.8) is 0 Å². The third kappa shape index (κ3) is 3.84. The Morgan fingerprint density at radius 2 is 2.00 bits per heavy atom. The van der Waals surface area contributed by atoms with Crippen LogP contribution in [0.5, 0.6) is 0 Å². The molecular weight excluding hydrogens is 337 g/mol. The lowest BCUT2D eigenvalue weighted by Gasteiger charge is -2.39. The Morgan fingerprint density at radius 1 is 1.20 bits per heavy atom. The number of aliphatic hydroxyl groups excluding tert-OH is 4. The summed E-state index contributed by atoms with van der Waals surface area (Å²) in [5.41, 5.74) is 0.854. The molecule has 25 heavy (non-hydrogen) atoms. The molecule has 0 bridgehead atoms. The second-order valence-electron chi connectivity index (χ2n) is 5.64. The predicted octanol–water partition coefficient (Wildman–Crippen LogP) is -1.28. The van der Waals surface area contributed by atoms with Crippen molar-refractivity contribution in [2.75, 3.05) is 6.61 Å². The van der Waals surface area contributed by atoms with E-state index < -0.39 is 43.1 Å². The van der Waals surface area contributed by atoms with Crippen LogP contribution < -0.4 is 0 Å². The number of aromatic nitrogens is 3. The zero-order valence-corrected chi connectivity index (χ0v) is 13.0. The summed E-state index contributed by atoms with van der Waals surface area (Å²) in [4.78, 5) is 0. The van der Waals surface area contributed by atoms with Gasteiger partial charge in [0.15, 0.2) is 6.29 Å². The minimum Gasteiger partial charge on any atom is -0.394 e. The standard InChI is InChI=1S/C15H18FN3O6/c16-8-2-1-3-10(4-8)19-5-9(17-18-19)7-24-15-14(23)13(22)12(21)11(6-20)25-15/h1-5,11-15,20-23H,6-7H2/t11-,12-,13+,14+,15+/m1/s1. The number of ether oxygens (including phenoxy) is 2. The van der Waals surface area contributed by atoms with E-state index in [4.69, 9.17) is 14.6 Å². The first kappa shape index (κ1) is 17.9. The van der Waals surface area contributed by atoms with Crippen LogP contribution in [0.1, 0.15) is 5.69 Å². The zero-order valence-electron chi connectivity index (χ0n) is 13.0. The van der Waals surface area contributed by atoms with Crippen LogP contribution in [0.15, 0.2) is 30.5 Å². The lowest BCUT2D eigenvalue weighted by Crippen LogP contribution is -2.59. The summed E-state index contributed by atoms with van der Waals surface area (Å²) in [7, 11) is 0. The molecule has 2 heterocycles. The summed E-state index contributed by atoms with van der Waals surface area (Å²) < 4.78 is 25.2. The summed E-state index contributed by atoms with van der Waals surface area (Å²) in [6, 6.07) is 5.79. The zero-order chi connectivity index (χ0) is 18.0. The number of hydrogen-bond donors (Lipinski definition) is 4. The Morgan fingerprint density at radius 3 is 2.72 bits per heavy atom. The summed E-state index contributed by atoms with van der Waals surface area (Å²) in [5.74, 6) is -0.410. The second kappa shape index (κ2) is 7.52. The maximum Gasteiger partial charge on any atom is 0.187 e. The fourth-order valence-electron chi connectivity index (χ4n) is 2.48. The molecule has 2 aromatic rings. The van der Waals surface area contributed by atoms with E-state index in [1.54, 1.807) is 6.07 Å². The van der Waals surface area contributed by atoms with Gasteiger partial charge in [-0.15, -0.1) is 5.10 Å². The third-order valence-electron chi connectivity index (χ3n) is 3.86. The lowest BCUT2D eigenvalue weighted by atomic mass is 9.99. The molecule has 1 aromatic carbocycles. The minimum atomic E-state index is -1.51. The van der Waals surface area contributed by atoms with Gasteiger partial charge in [-0.1, -0.05) is 11.3 Å². The van der Waals surface area contributed by atoms with Crippen molar-refractivity contribution in [2.24, 2.45) is 0 Å². The van der Waals surface area contributed by atoms with E-state index in [1.807, 2.05) is 0 Å². The fourth-order valence-corrected chi connectivity index (χ4v) is 2.48. The van der Waals surface area contributed by atoms with Crippen molar-refractivity contribution in [2.45, 2.75) is 37.3 Å². The first-order valence-electron chi connectivity index (χ1n) is 7.59. The summed E-state index contributed by atoms with van der Waals surface area (Å²) in [6.45, 7) is -0.654. The number of benzene rings is 1. The van der Waals surface area contributed by atoms with Gasteiger partial charge in [0.2, 0.25) is 0 Å². The highest BCUT2D eigenvalue weighted by molar-refractivity contribution is 5.30. The molecule has 1 aliphatic rings. The molecule has 4 N–H and O–H groups in total. The smallest absolute Gasteiger partial charge is 0.187 e. The van der Waals surface area contributed by atoms with Gasteiger partial charge in [-0.2, -0.15) is 0 Å². The molecule has 1 fully saturated rings. The molecule has 9 nitrogen and oxygen atoms in total. The number of aliphatic hydroxyl groups is 4. The topological polar surface area (TPSA) is 130 Å². The Bertz CT molecular complexity index is 712. The Balaban J connectivity index is 1.64. The Hall–Kier alpha value is -1.95. The van der Waals surface area contributed by atoms with Crippen LogP contribution in [0, 0.1) is 5.82 Å². The van der Waals surface area contributed by atoms with Gasteiger partial charge in [0.25, 0.3) is 0 Å². The van der Waals surface area contributed by atoms with E-state index in [0.717, 1.165) is 0 Å². The number of halogens is 1. The molecule has 5 atom stereocenters. The third-order valence-corrected chi connectivity index (χ3v) is 3.86. The van der Waals surface area contributed by atoms with E-state index in [2.05, 4.69) is 10.3 Å². The molecule has 1 saturated heterocycles. The van der Waals surface area contributed by atoms with Gasteiger partial charge in [-0.25, -0.2) is 9.07 Å². The molecule has 0 amide bonds. The van der Waals surface area contributed by atoms with E-state index in [0.29, 0.717) is 11.4 Å². The first-order chi connectivity index (χ1) is 12.0. The highest BCUT2D eigenvalue weighted by atomic mass is 19.1. The van der Waals surface area contributed by atoms with Crippen LogP contribution in [0.3, 0.4) is 0 Å². The Labute approximate surface area is 141 Å². The van der Waals surface area contributed by atoms with Crippen molar-refractivity contribution in [1.29, 1.82) is 0 Å². The van der Waals surface area contributed by atoms with Crippen molar-refractivity contribution in [3.8, 4) is 5.69 Å². The van der Waals surface area contributed by atoms with Gasteiger partial charge in [0, 0.05) is 0 Å². The van der Waals surface area contributed by atoms with Crippen LogP contribution in [0.2, 0.25) is 0 Å². The normalized spacial score (nSPS) is 29.7. The van der Waals surface area contributed by atoms with Crippen molar-refractivity contribution in [1.82, 2.24) is 15.0 Å². The Kier molecular flexibility index (Phi) is 5.37. The van der Waals surface area contributed by atoms with E-state index in [9.17, 15) is 19.7 Å². The molecule has 1 aliphatic heterocycles. The molecule has 1 aromatic heterocycles. The average Bonchev–Trinajstić information content (AvgIpc) is 3.08. The second-order valence-corrected chi connectivity index (χ2v) is 5.64. The van der Waals surface area contributed by atoms with Crippen molar-refractivity contribution in [3.05, 3.63) is 42.0 Å². The van der Waals surface area contributed by atoms with E-state index in [-0.39, 0.29) is 6.61 Å². The molecule has 0 aliphatic carbocycles. The molecule has 0 saturated carbocycles. The van der Waals surface area contributed by atoms with Gasteiger partial charge in [0.1, 0.15) is 35.9 Å². The summed E-state index contributed by atoms with van der Waals surface area (Å²) in [5, 5.41) is 46.2.